The van der Waals surface area contributed by atoms with Crippen molar-refractivity contribution in [1.82, 2.24) is 10.2 Å². The first-order chi connectivity index (χ1) is 9.10. The topological polar surface area (TPSA) is 69.6 Å². The van der Waals surface area contributed by atoms with E-state index in [0.29, 0.717) is 12.8 Å². The molecule has 116 valence electrons. The van der Waals surface area contributed by atoms with E-state index in [1.807, 2.05) is 0 Å². The van der Waals surface area contributed by atoms with Crippen LogP contribution in [0.3, 0.4) is 0 Å². The summed E-state index contributed by atoms with van der Waals surface area (Å²) in [5.74, 6) is -1.40. The molecule has 1 saturated heterocycles. The van der Waals surface area contributed by atoms with Gasteiger partial charge in [-0.25, -0.2) is 4.79 Å². The number of nitrogens with zero attached hydrogens (tertiary/aromatic N) is 1. The lowest BCUT2D eigenvalue weighted by Crippen LogP contribution is -2.52. The van der Waals surface area contributed by atoms with Crippen LogP contribution in [-0.2, 0) is 4.79 Å². The third-order valence-corrected chi connectivity index (χ3v) is 3.39. The zero-order valence-corrected chi connectivity index (χ0v) is 11.4. The predicted molar refractivity (Wildman–Crippen MR) is 65.2 cm³/mol. The van der Waals surface area contributed by atoms with E-state index in [2.05, 4.69) is 5.32 Å². The van der Waals surface area contributed by atoms with Crippen molar-refractivity contribution >= 4 is 12.0 Å². The number of carbonyl (C=O) groups is 2. The van der Waals surface area contributed by atoms with Gasteiger partial charge in [0, 0.05) is 18.6 Å². The number of carboxylic acid groups (broad SMARTS) is 1. The van der Waals surface area contributed by atoms with Gasteiger partial charge in [0.25, 0.3) is 0 Å². The first kappa shape index (κ1) is 16.6. The Bertz CT molecular complexity index is 373. The number of likely N-dealkylation sites (tertiary alicyclic amines) is 1. The molecule has 2 N–H and O–H groups in total. The fourth-order valence-electron chi connectivity index (χ4n) is 2.39. The number of piperidine rings is 1. The average molecular weight is 296 g/mol. The Balaban J connectivity index is 2.50. The van der Waals surface area contributed by atoms with Gasteiger partial charge in [0.2, 0.25) is 0 Å². The van der Waals surface area contributed by atoms with Crippen molar-refractivity contribution in [2.45, 2.75) is 51.4 Å². The molecule has 1 fully saturated rings. The van der Waals surface area contributed by atoms with Crippen LogP contribution in [0.4, 0.5) is 18.0 Å². The summed E-state index contributed by atoms with van der Waals surface area (Å²) in [6.07, 6.45) is -4.77. The molecule has 1 heterocycles. The molecule has 8 heteroatoms. The van der Waals surface area contributed by atoms with E-state index >= 15 is 0 Å². The summed E-state index contributed by atoms with van der Waals surface area (Å²) < 4.78 is 36.6. The molecule has 0 aliphatic carbocycles. The van der Waals surface area contributed by atoms with Gasteiger partial charge in [0.15, 0.2) is 0 Å². The Morgan fingerprint density at radius 2 is 2.05 bits per heavy atom. The number of urea groups is 1. The Kier molecular flexibility index (Phi) is 5.24. The Labute approximate surface area is 115 Å². The minimum atomic E-state index is -4.32. The highest BCUT2D eigenvalue weighted by molar-refractivity contribution is 5.76. The second-order valence-electron chi connectivity index (χ2n) is 5.27. The van der Waals surface area contributed by atoms with Crippen LogP contribution < -0.4 is 5.32 Å². The highest BCUT2D eigenvalue weighted by Gasteiger charge is 2.34. The lowest BCUT2D eigenvalue weighted by atomic mass is 9.92. The first-order valence-corrected chi connectivity index (χ1v) is 6.47. The number of halogens is 3. The average Bonchev–Trinajstić information content (AvgIpc) is 2.25. The van der Waals surface area contributed by atoms with Gasteiger partial charge in [0.1, 0.15) is 0 Å². The van der Waals surface area contributed by atoms with Gasteiger partial charge in [-0.15, -0.1) is 0 Å². The Hall–Kier alpha value is -1.47. The van der Waals surface area contributed by atoms with Gasteiger partial charge in [-0.05, 0) is 26.7 Å². The fourth-order valence-corrected chi connectivity index (χ4v) is 2.39. The molecule has 2 amide bonds. The first-order valence-electron chi connectivity index (χ1n) is 6.47. The molecule has 0 aromatic rings. The van der Waals surface area contributed by atoms with Gasteiger partial charge in [-0.2, -0.15) is 13.2 Å². The summed E-state index contributed by atoms with van der Waals surface area (Å²) in [5.41, 5.74) is 0. The molecular weight excluding hydrogens is 277 g/mol. The van der Waals surface area contributed by atoms with Crippen molar-refractivity contribution in [3.8, 4) is 0 Å². The maximum absolute atomic E-state index is 12.2. The maximum atomic E-state index is 12.2. The number of carboxylic acids is 1. The second-order valence-corrected chi connectivity index (χ2v) is 5.27. The summed E-state index contributed by atoms with van der Waals surface area (Å²) in [4.78, 5) is 24.1. The van der Waals surface area contributed by atoms with Crippen molar-refractivity contribution < 1.29 is 27.9 Å². The summed E-state index contributed by atoms with van der Waals surface area (Å²) in [6.45, 7) is 3.23. The Morgan fingerprint density at radius 3 is 2.50 bits per heavy atom. The SMILES string of the molecule is CC(CC(F)(F)F)NC(=O)N1CCC(C(=O)O)CC1C. The van der Waals surface area contributed by atoms with Crippen molar-refractivity contribution in [2.75, 3.05) is 6.54 Å². The van der Waals surface area contributed by atoms with Gasteiger partial charge in [-0.1, -0.05) is 0 Å². The Morgan fingerprint density at radius 1 is 1.45 bits per heavy atom. The van der Waals surface area contributed by atoms with Crippen molar-refractivity contribution in [1.29, 1.82) is 0 Å². The lowest BCUT2D eigenvalue weighted by Gasteiger charge is -2.36. The van der Waals surface area contributed by atoms with Gasteiger partial charge in [0.05, 0.1) is 12.3 Å². The van der Waals surface area contributed by atoms with E-state index in [4.69, 9.17) is 5.11 Å². The number of amides is 2. The molecule has 0 radical (unpaired) electrons. The molecule has 1 aliphatic rings. The number of rotatable bonds is 3. The lowest BCUT2D eigenvalue weighted by molar-refractivity contribution is -0.144. The second kappa shape index (κ2) is 6.32. The predicted octanol–water partition coefficient (Wildman–Crippen LogP) is 2.22. The summed E-state index contributed by atoms with van der Waals surface area (Å²) in [6, 6.07) is -1.88. The minimum absolute atomic E-state index is 0.239. The maximum Gasteiger partial charge on any atom is 0.391 e. The normalized spacial score (nSPS) is 25.1. The molecule has 1 aliphatic heterocycles. The van der Waals surface area contributed by atoms with Crippen LogP contribution in [0.15, 0.2) is 0 Å². The number of nitrogens with one attached hydrogen (secondary N) is 1. The van der Waals surface area contributed by atoms with E-state index in [1.165, 1.54) is 11.8 Å². The van der Waals surface area contributed by atoms with E-state index in [1.54, 1.807) is 6.92 Å². The molecule has 3 atom stereocenters. The van der Waals surface area contributed by atoms with Crippen molar-refractivity contribution in [3.63, 3.8) is 0 Å². The largest absolute Gasteiger partial charge is 0.481 e. The molecule has 0 spiro atoms. The third kappa shape index (κ3) is 4.90. The molecule has 0 aromatic carbocycles. The van der Waals surface area contributed by atoms with Gasteiger partial charge in [-0.3, -0.25) is 4.79 Å². The molecule has 0 aromatic heterocycles. The highest BCUT2D eigenvalue weighted by atomic mass is 19.4. The van der Waals surface area contributed by atoms with E-state index in [-0.39, 0.29) is 12.6 Å². The minimum Gasteiger partial charge on any atom is -0.481 e. The zero-order chi connectivity index (χ0) is 15.5. The van der Waals surface area contributed by atoms with Crippen LogP contribution in [0.5, 0.6) is 0 Å². The summed E-state index contributed by atoms with van der Waals surface area (Å²) in [5, 5.41) is 11.2. The van der Waals surface area contributed by atoms with Crippen molar-refractivity contribution in [2.24, 2.45) is 5.92 Å². The molecule has 1 rings (SSSR count). The number of hydrogen-bond donors (Lipinski definition) is 2. The standard InChI is InChI=1S/C12H19F3N2O3/c1-7(6-12(13,14)15)16-11(20)17-4-3-9(10(18)19)5-8(17)2/h7-9H,3-6H2,1-2H3,(H,16,20)(H,18,19). The third-order valence-electron chi connectivity index (χ3n) is 3.39. The quantitative estimate of drug-likeness (QED) is 0.839. The monoisotopic (exact) mass is 296 g/mol. The van der Waals surface area contributed by atoms with Crippen LogP contribution in [-0.4, -0.2) is 46.8 Å². The molecule has 0 saturated carbocycles. The van der Waals surface area contributed by atoms with E-state index in [9.17, 15) is 22.8 Å². The van der Waals surface area contributed by atoms with Gasteiger partial charge >= 0.3 is 18.2 Å². The van der Waals surface area contributed by atoms with Crippen molar-refractivity contribution in [3.05, 3.63) is 0 Å². The fraction of sp³-hybridized carbons (Fsp3) is 0.833. The van der Waals surface area contributed by atoms with Crippen LogP contribution >= 0.6 is 0 Å². The number of carbonyl (C=O) groups excluding carboxylic acids is 1. The van der Waals surface area contributed by atoms with Crippen LogP contribution in [0.1, 0.15) is 33.1 Å². The number of alkyl halides is 3. The van der Waals surface area contributed by atoms with Crippen LogP contribution in [0.25, 0.3) is 0 Å². The van der Waals surface area contributed by atoms with Crippen LogP contribution in [0.2, 0.25) is 0 Å². The van der Waals surface area contributed by atoms with Crippen LogP contribution in [0, 0.1) is 5.92 Å². The number of hydrogen-bond acceptors (Lipinski definition) is 2. The molecule has 3 unspecified atom stereocenters. The van der Waals surface area contributed by atoms with E-state index in [0.717, 1.165) is 0 Å². The summed E-state index contributed by atoms with van der Waals surface area (Å²) >= 11 is 0. The number of aliphatic carboxylic acids is 1. The molecular formula is C12H19F3N2O3. The smallest absolute Gasteiger partial charge is 0.391 e. The van der Waals surface area contributed by atoms with E-state index < -0.39 is 36.6 Å². The molecule has 0 bridgehead atoms. The summed E-state index contributed by atoms with van der Waals surface area (Å²) in [7, 11) is 0. The molecule has 5 nitrogen and oxygen atoms in total. The highest BCUT2D eigenvalue weighted by Crippen LogP contribution is 2.24. The molecule has 20 heavy (non-hydrogen) atoms. The zero-order valence-electron chi connectivity index (χ0n) is 11.4. The van der Waals surface area contributed by atoms with Gasteiger partial charge < -0.3 is 15.3 Å².